The van der Waals surface area contributed by atoms with E-state index in [2.05, 4.69) is 10.3 Å². The lowest BCUT2D eigenvalue weighted by atomic mass is 10.2. The van der Waals surface area contributed by atoms with Crippen LogP contribution in [0, 0.1) is 10.1 Å². The van der Waals surface area contributed by atoms with E-state index in [0.29, 0.717) is 5.25 Å². The number of hydrogen-bond acceptors (Lipinski definition) is 5. The molecule has 1 aliphatic heterocycles. The molecule has 2 heterocycles. The summed E-state index contributed by atoms with van der Waals surface area (Å²) < 4.78 is 0. The SMILES string of the molecule is O=[N+]([O-])c1ccc(SC2CCNCC2)nc1. The van der Waals surface area contributed by atoms with Gasteiger partial charge < -0.3 is 5.32 Å². The first-order valence-electron chi connectivity index (χ1n) is 5.23. The van der Waals surface area contributed by atoms with Gasteiger partial charge in [-0.25, -0.2) is 4.98 Å². The molecule has 1 aliphatic rings. The van der Waals surface area contributed by atoms with Crippen molar-refractivity contribution in [3.8, 4) is 0 Å². The van der Waals surface area contributed by atoms with Gasteiger partial charge >= 0.3 is 0 Å². The molecule has 0 bridgehead atoms. The summed E-state index contributed by atoms with van der Waals surface area (Å²) in [6.07, 6.45) is 3.58. The number of nitrogens with zero attached hydrogens (tertiary/aromatic N) is 2. The van der Waals surface area contributed by atoms with Crippen LogP contribution < -0.4 is 5.32 Å². The zero-order chi connectivity index (χ0) is 11.4. The zero-order valence-electron chi connectivity index (χ0n) is 8.76. The minimum atomic E-state index is -0.425. The van der Waals surface area contributed by atoms with Gasteiger partial charge in [-0.15, -0.1) is 11.8 Å². The lowest BCUT2D eigenvalue weighted by Crippen LogP contribution is -2.29. The van der Waals surface area contributed by atoms with Crippen molar-refractivity contribution in [1.29, 1.82) is 0 Å². The van der Waals surface area contributed by atoms with E-state index in [1.54, 1.807) is 17.8 Å². The fraction of sp³-hybridized carbons (Fsp3) is 0.500. The topological polar surface area (TPSA) is 68.1 Å². The fourth-order valence-corrected chi connectivity index (χ4v) is 2.71. The third kappa shape index (κ3) is 2.93. The van der Waals surface area contributed by atoms with Crippen LogP contribution in [0.25, 0.3) is 0 Å². The van der Waals surface area contributed by atoms with Crippen molar-refractivity contribution in [3.63, 3.8) is 0 Å². The molecule has 5 nitrogen and oxygen atoms in total. The van der Waals surface area contributed by atoms with Crippen LogP contribution in [0.1, 0.15) is 12.8 Å². The van der Waals surface area contributed by atoms with Crippen LogP contribution >= 0.6 is 11.8 Å². The maximum Gasteiger partial charge on any atom is 0.287 e. The van der Waals surface area contributed by atoms with Crippen molar-refractivity contribution in [2.45, 2.75) is 23.1 Å². The van der Waals surface area contributed by atoms with Crippen LogP contribution in [0.15, 0.2) is 23.4 Å². The number of hydrogen-bond donors (Lipinski definition) is 1. The van der Waals surface area contributed by atoms with Crippen LogP contribution in [-0.2, 0) is 0 Å². The number of nitrogens with one attached hydrogen (secondary N) is 1. The quantitative estimate of drug-likeness (QED) is 0.644. The Balaban J connectivity index is 1.96. The average Bonchev–Trinajstić information content (AvgIpc) is 2.31. The van der Waals surface area contributed by atoms with Crippen LogP contribution in [-0.4, -0.2) is 28.2 Å². The van der Waals surface area contributed by atoms with Crippen LogP contribution in [0.5, 0.6) is 0 Å². The summed E-state index contributed by atoms with van der Waals surface area (Å²) in [6, 6.07) is 3.24. The molecular weight excluding hydrogens is 226 g/mol. The van der Waals surface area contributed by atoms with Gasteiger partial charge in [-0.05, 0) is 32.0 Å². The van der Waals surface area contributed by atoms with E-state index in [1.165, 1.54) is 12.3 Å². The van der Waals surface area contributed by atoms with E-state index in [4.69, 9.17) is 0 Å². The molecule has 1 saturated heterocycles. The highest BCUT2D eigenvalue weighted by Crippen LogP contribution is 2.27. The van der Waals surface area contributed by atoms with Gasteiger partial charge in [0.1, 0.15) is 6.20 Å². The molecule has 6 heteroatoms. The third-order valence-electron chi connectivity index (χ3n) is 2.51. The minimum Gasteiger partial charge on any atom is -0.317 e. The lowest BCUT2D eigenvalue weighted by Gasteiger charge is -2.21. The van der Waals surface area contributed by atoms with E-state index < -0.39 is 4.92 Å². The van der Waals surface area contributed by atoms with Crippen molar-refractivity contribution in [2.24, 2.45) is 0 Å². The Kier molecular flexibility index (Phi) is 3.74. The summed E-state index contributed by atoms with van der Waals surface area (Å²) in [4.78, 5) is 14.1. The fourth-order valence-electron chi connectivity index (χ4n) is 1.63. The Hall–Kier alpha value is -1.14. The van der Waals surface area contributed by atoms with Gasteiger partial charge in [-0.2, -0.15) is 0 Å². The average molecular weight is 239 g/mol. The predicted octanol–water partition coefficient (Wildman–Crippen LogP) is 1.83. The second kappa shape index (κ2) is 5.27. The highest BCUT2D eigenvalue weighted by atomic mass is 32.2. The predicted molar refractivity (Wildman–Crippen MR) is 62.6 cm³/mol. The molecule has 0 spiro atoms. The van der Waals surface area contributed by atoms with Crippen molar-refractivity contribution < 1.29 is 4.92 Å². The van der Waals surface area contributed by atoms with E-state index in [9.17, 15) is 10.1 Å². The molecule has 86 valence electrons. The Labute approximate surface area is 97.8 Å². The Bertz CT molecular complexity index is 363. The first kappa shape index (κ1) is 11.3. The number of thioether (sulfide) groups is 1. The molecule has 0 aliphatic carbocycles. The normalized spacial score (nSPS) is 17.2. The van der Waals surface area contributed by atoms with Gasteiger partial charge in [-0.1, -0.05) is 0 Å². The van der Waals surface area contributed by atoms with Crippen molar-refractivity contribution >= 4 is 17.4 Å². The summed E-state index contributed by atoms with van der Waals surface area (Å²) in [5, 5.41) is 15.2. The molecule has 0 amide bonds. The van der Waals surface area contributed by atoms with E-state index in [1.807, 2.05) is 0 Å². The molecule has 2 rings (SSSR count). The van der Waals surface area contributed by atoms with Crippen molar-refractivity contribution in [2.75, 3.05) is 13.1 Å². The number of rotatable bonds is 3. The molecule has 16 heavy (non-hydrogen) atoms. The van der Waals surface area contributed by atoms with Crippen LogP contribution in [0.4, 0.5) is 5.69 Å². The van der Waals surface area contributed by atoms with Gasteiger partial charge in [0.15, 0.2) is 0 Å². The van der Waals surface area contributed by atoms with Gasteiger partial charge in [0.05, 0.1) is 9.95 Å². The number of nitro groups is 1. The highest BCUT2D eigenvalue weighted by molar-refractivity contribution is 7.99. The Morgan fingerprint density at radius 3 is 2.75 bits per heavy atom. The highest BCUT2D eigenvalue weighted by Gasteiger charge is 2.15. The number of piperidine rings is 1. The standard InChI is InChI=1S/C10H13N3O2S/c14-13(15)8-1-2-10(12-7-8)16-9-3-5-11-6-4-9/h1-2,7,9,11H,3-6H2. The summed E-state index contributed by atoms with van der Waals surface area (Å²) in [6.45, 7) is 2.09. The maximum absolute atomic E-state index is 10.5. The van der Waals surface area contributed by atoms with E-state index in [-0.39, 0.29) is 5.69 Å². The monoisotopic (exact) mass is 239 g/mol. The van der Waals surface area contributed by atoms with E-state index in [0.717, 1.165) is 31.0 Å². The van der Waals surface area contributed by atoms with Gasteiger partial charge in [0.2, 0.25) is 0 Å². The minimum absolute atomic E-state index is 0.0506. The van der Waals surface area contributed by atoms with Gasteiger partial charge in [0, 0.05) is 11.3 Å². The zero-order valence-corrected chi connectivity index (χ0v) is 9.57. The lowest BCUT2D eigenvalue weighted by molar-refractivity contribution is -0.385. The summed E-state index contributed by atoms with van der Waals surface area (Å²) >= 11 is 1.71. The molecule has 1 N–H and O–H groups in total. The molecule has 1 aromatic rings. The first-order valence-corrected chi connectivity index (χ1v) is 6.11. The molecule has 0 saturated carbocycles. The Morgan fingerprint density at radius 2 is 2.19 bits per heavy atom. The molecule has 1 fully saturated rings. The van der Waals surface area contributed by atoms with E-state index >= 15 is 0 Å². The van der Waals surface area contributed by atoms with Crippen molar-refractivity contribution in [1.82, 2.24) is 10.3 Å². The summed E-state index contributed by atoms with van der Waals surface area (Å²) in [5.74, 6) is 0. The Morgan fingerprint density at radius 1 is 1.44 bits per heavy atom. The molecule has 0 radical (unpaired) electrons. The smallest absolute Gasteiger partial charge is 0.287 e. The second-order valence-corrected chi connectivity index (χ2v) is 5.00. The van der Waals surface area contributed by atoms with Crippen LogP contribution in [0.2, 0.25) is 0 Å². The van der Waals surface area contributed by atoms with Gasteiger partial charge in [-0.3, -0.25) is 10.1 Å². The number of aromatic nitrogens is 1. The molecule has 1 aromatic heterocycles. The maximum atomic E-state index is 10.5. The molecule has 0 aromatic carbocycles. The molecule has 0 atom stereocenters. The number of pyridine rings is 1. The largest absolute Gasteiger partial charge is 0.317 e. The van der Waals surface area contributed by atoms with Gasteiger partial charge in [0.25, 0.3) is 5.69 Å². The van der Waals surface area contributed by atoms with Crippen LogP contribution in [0.3, 0.4) is 0 Å². The summed E-state index contributed by atoms with van der Waals surface area (Å²) in [5.41, 5.74) is 0.0506. The first-order chi connectivity index (χ1) is 7.75. The summed E-state index contributed by atoms with van der Waals surface area (Å²) in [7, 11) is 0. The third-order valence-corrected chi connectivity index (χ3v) is 3.79. The molecular formula is C10H13N3O2S. The van der Waals surface area contributed by atoms with Crippen molar-refractivity contribution in [3.05, 3.63) is 28.4 Å². The second-order valence-electron chi connectivity index (χ2n) is 3.68. The molecule has 0 unspecified atom stereocenters.